The second kappa shape index (κ2) is 8.89. The van der Waals surface area contributed by atoms with Crippen LogP contribution < -0.4 is 10.0 Å². The summed E-state index contributed by atoms with van der Waals surface area (Å²) in [6, 6.07) is 5.28. The van der Waals surface area contributed by atoms with E-state index in [1.54, 1.807) is 17.0 Å². The molecule has 2 aromatic heterocycles. The van der Waals surface area contributed by atoms with Crippen molar-refractivity contribution in [1.29, 1.82) is 0 Å². The number of hydrogen-bond donors (Lipinski definition) is 2. The fourth-order valence-corrected chi connectivity index (χ4v) is 4.43. The van der Waals surface area contributed by atoms with E-state index in [1.807, 2.05) is 6.07 Å². The molecule has 0 spiro atoms. The summed E-state index contributed by atoms with van der Waals surface area (Å²) < 4.78 is 29.6. The lowest BCUT2D eigenvalue weighted by atomic mass is 10.0. The van der Waals surface area contributed by atoms with E-state index in [9.17, 15) is 18.0 Å². The van der Waals surface area contributed by atoms with E-state index in [-0.39, 0.29) is 17.9 Å². The fourth-order valence-electron chi connectivity index (χ4n) is 3.05. The first-order valence-corrected chi connectivity index (χ1v) is 11.7. The monoisotopic (exact) mass is 425 g/mol. The van der Waals surface area contributed by atoms with Crippen molar-refractivity contribution in [3.63, 3.8) is 0 Å². The smallest absolute Gasteiger partial charge is 0.261 e. The number of carbonyl (C=O) groups is 2. The Kier molecular flexibility index (Phi) is 6.53. The molecule has 1 saturated heterocycles. The molecule has 2 aromatic rings. The van der Waals surface area contributed by atoms with Gasteiger partial charge in [-0.2, -0.15) is 0 Å². The second-order valence-corrected chi connectivity index (χ2v) is 9.74. The maximum absolute atomic E-state index is 12.5. The van der Waals surface area contributed by atoms with E-state index in [0.717, 1.165) is 11.1 Å². The number of amides is 2. The first kappa shape index (κ1) is 20.6. The van der Waals surface area contributed by atoms with Crippen molar-refractivity contribution in [1.82, 2.24) is 14.9 Å². The molecule has 3 rings (SSSR count). The number of sulfonamides is 1. The van der Waals surface area contributed by atoms with Gasteiger partial charge < -0.3 is 14.6 Å². The highest BCUT2D eigenvalue weighted by Gasteiger charge is 2.25. The normalized spacial score (nSPS) is 15.5. The van der Waals surface area contributed by atoms with Crippen LogP contribution in [0.4, 0.5) is 0 Å². The van der Waals surface area contributed by atoms with Crippen molar-refractivity contribution in [2.75, 3.05) is 25.9 Å². The third-order valence-electron chi connectivity index (χ3n) is 4.51. The van der Waals surface area contributed by atoms with Crippen molar-refractivity contribution in [2.45, 2.75) is 25.3 Å². The maximum Gasteiger partial charge on any atom is 0.261 e. The highest BCUT2D eigenvalue weighted by atomic mass is 32.2. The summed E-state index contributed by atoms with van der Waals surface area (Å²) in [7, 11) is -3.21. The van der Waals surface area contributed by atoms with Crippen LogP contribution in [0.15, 0.2) is 35.1 Å². The van der Waals surface area contributed by atoms with Crippen LogP contribution in [0.3, 0.4) is 0 Å². The van der Waals surface area contributed by atoms with Gasteiger partial charge in [0.15, 0.2) is 0 Å². The van der Waals surface area contributed by atoms with Gasteiger partial charge in [-0.15, -0.1) is 11.3 Å². The number of nitrogens with zero attached hydrogens (tertiary/aromatic N) is 1. The van der Waals surface area contributed by atoms with Crippen molar-refractivity contribution in [3.05, 3.63) is 46.0 Å². The van der Waals surface area contributed by atoms with Crippen LogP contribution >= 0.6 is 11.3 Å². The number of carbonyl (C=O) groups excluding carboxylic acids is 2. The van der Waals surface area contributed by atoms with Crippen LogP contribution in [0.2, 0.25) is 0 Å². The summed E-state index contributed by atoms with van der Waals surface area (Å²) in [6.45, 7) is 1.48. The third kappa shape index (κ3) is 5.66. The Balaban J connectivity index is 1.45. The SMILES string of the molecule is CS(=O)(=O)NCCc1ccc(C(=O)NC2CCN(C(=O)c3ccoc3)CC2)s1. The second-order valence-electron chi connectivity index (χ2n) is 6.73. The van der Waals surface area contributed by atoms with Crippen LogP contribution in [0.1, 0.15) is 37.7 Å². The lowest BCUT2D eigenvalue weighted by molar-refractivity contribution is 0.0697. The van der Waals surface area contributed by atoms with Gasteiger partial charge >= 0.3 is 0 Å². The maximum atomic E-state index is 12.5. The Bertz CT molecular complexity index is 913. The van der Waals surface area contributed by atoms with Gasteiger partial charge in [0.2, 0.25) is 10.0 Å². The number of hydrogen-bond acceptors (Lipinski definition) is 6. The van der Waals surface area contributed by atoms with Crippen LogP contribution in [0, 0.1) is 0 Å². The average molecular weight is 426 g/mol. The van der Waals surface area contributed by atoms with Gasteiger partial charge in [-0.05, 0) is 37.5 Å². The molecule has 1 aliphatic rings. The predicted octanol–water partition coefficient (Wildman–Crippen LogP) is 1.47. The van der Waals surface area contributed by atoms with Gasteiger partial charge in [-0.3, -0.25) is 9.59 Å². The molecule has 2 N–H and O–H groups in total. The zero-order valence-corrected chi connectivity index (χ0v) is 17.1. The Morgan fingerprint density at radius 3 is 2.64 bits per heavy atom. The van der Waals surface area contributed by atoms with Crippen molar-refractivity contribution in [2.24, 2.45) is 0 Å². The largest absolute Gasteiger partial charge is 0.472 e. The first-order valence-electron chi connectivity index (χ1n) is 8.97. The average Bonchev–Trinajstić information content (AvgIpc) is 3.33. The molecule has 3 heterocycles. The molecule has 0 atom stereocenters. The number of furan rings is 1. The molecule has 1 aliphatic heterocycles. The minimum absolute atomic E-state index is 0.0263. The molecule has 10 heteroatoms. The van der Waals surface area contributed by atoms with E-state index in [1.165, 1.54) is 23.9 Å². The molecule has 1 fully saturated rings. The van der Waals surface area contributed by atoms with Crippen LogP contribution in [0.25, 0.3) is 0 Å². The fraction of sp³-hybridized carbons (Fsp3) is 0.444. The van der Waals surface area contributed by atoms with Gasteiger partial charge in [0.25, 0.3) is 11.8 Å². The molecule has 0 radical (unpaired) electrons. The topological polar surface area (TPSA) is 109 Å². The number of piperidine rings is 1. The standard InChI is InChI=1S/C18H23N3O5S2/c1-28(24,25)19-8-4-15-2-3-16(27-15)17(22)20-14-5-9-21(10-6-14)18(23)13-7-11-26-12-13/h2-3,7,11-12,14,19H,4-6,8-10H2,1H3,(H,20,22). The van der Waals surface area contributed by atoms with Gasteiger partial charge in [0, 0.05) is 30.6 Å². The van der Waals surface area contributed by atoms with Gasteiger partial charge in [-0.25, -0.2) is 13.1 Å². The minimum atomic E-state index is -3.21. The predicted molar refractivity (Wildman–Crippen MR) is 106 cm³/mol. The summed E-state index contributed by atoms with van der Waals surface area (Å²) in [5, 5.41) is 3.03. The summed E-state index contributed by atoms with van der Waals surface area (Å²) in [6.07, 6.45) is 5.98. The summed E-state index contributed by atoms with van der Waals surface area (Å²) >= 11 is 1.36. The molecular weight excluding hydrogens is 402 g/mol. The highest BCUT2D eigenvalue weighted by Crippen LogP contribution is 2.19. The summed E-state index contributed by atoms with van der Waals surface area (Å²) in [4.78, 5) is 28.1. The van der Waals surface area contributed by atoms with Crippen LogP contribution in [0.5, 0.6) is 0 Å². The van der Waals surface area contributed by atoms with Crippen molar-refractivity contribution in [3.8, 4) is 0 Å². The first-order chi connectivity index (χ1) is 13.3. The molecule has 152 valence electrons. The number of likely N-dealkylation sites (tertiary alicyclic amines) is 1. The van der Waals surface area contributed by atoms with E-state index in [2.05, 4.69) is 10.0 Å². The van der Waals surface area contributed by atoms with Gasteiger partial charge in [0.1, 0.15) is 6.26 Å². The molecule has 0 aliphatic carbocycles. The molecule has 28 heavy (non-hydrogen) atoms. The van der Waals surface area contributed by atoms with Crippen molar-refractivity contribution < 1.29 is 22.4 Å². The molecule has 2 amide bonds. The molecule has 0 saturated carbocycles. The Hall–Kier alpha value is -2.17. The number of rotatable bonds is 7. The van der Waals surface area contributed by atoms with E-state index in [0.29, 0.717) is 49.3 Å². The molecule has 0 bridgehead atoms. The lowest BCUT2D eigenvalue weighted by Gasteiger charge is -2.32. The molecule has 0 unspecified atom stereocenters. The van der Waals surface area contributed by atoms with Gasteiger partial charge in [0.05, 0.1) is 23.0 Å². The van der Waals surface area contributed by atoms with E-state index >= 15 is 0 Å². The summed E-state index contributed by atoms with van der Waals surface area (Å²) in [5.41, 5.74) is 0.541. The lowest BCUT2D eigenvalue weighted by Crippen LogP contribution is -2.46. The zero-order chi connectivity index (χ0) is 20.1. The molecule has 0 aromatic carbocycles. The third-order valence-corrected chi connectivity index (χ3v) is 6.38. The number of nitrogens with one attached hydrogen (secondary N) is 2. The molecular formula is C18H23N3O5S2. The zero-order valence-electron chi connectivity index (χ0n) is 15.5. The highest BCUT2D eigenvalue weighted by molar-refractivity contribution is 7.88. The van der Waals surface area contributed by atoms with Crippen molar-refractivity contribution >= 4 is 33.2 Å². The minimum Gasteiger partial charge on any atom is -0.472 e. The quantitative estimate of drug-likeness (QED) is 0.698. The van der Waals surface area contributed by atoms with Crippen LogP contribution in [-0.2, 0) is 16.4 Å². The van der Waals surface area contributed by atoms with Crippen LogP contribution in [-0.4, -0.2) is 57.1 Å². The Labute approximate surface area is 168 Å². The summed E-state index contributed by atoms with van der Waals surface area (Å²) in [5.74, 6) is -0.184. The Morgan fingerprint density at radius 2 is 2.00 bits per heavy atom. The Morgan fingerprint density at radius 1 is 1.25 bits per heavy atom. The number of thiophene rings is 1. The van der Waals surface area contributed by atoms with E-state index in [4.69, 9.17) is 4.42 Å². The molecule has 8 nitrogen and oxygen atoms in total. The van der Waals surface area contributed by atoms with E-state index < -0.39 is 10.0 Å². The van der Waals surface area contributed by atoms with Gasteiger partial charge in [-0.1, -0.05) is 0 Å².